The van der Waals surface area contributed by atoms with Gasteiger partial charge in [-0.25, -0.2) is 4.98 Å². The molecule has 13 heavy (non-hydrogen) atoms. The smallest absolute Gasteiger partial charge is 0.293 e. The van der Waals surface area contributed by atoms with Gasteiger partial charge < -0.3 is 5.73 Å². The third-order valence-electron chi connectivity index (χ3n) is 1.40. The van der Waals surface area contributed by atoms with Crippen molar-refractivity contribution in [3.8, 4) is 11.8 Å². The average Bonchev–Trinajstić information content (AvgIpc) is 2.02. The van der Waals surface area contributed by atoms with Crippen LogP contribution in [0.2, 0.25) is 5.15 Å². The van der Waals surface area contributed by atoms with Gasteiger partial charge >= 0.3 is 0 Å². The lowest BCUT2D eigenvalue weighted by atomic mass is 10.2. The first-order valence-corrected chi connectivity index (χ1v) is 3.91. The molecule has 1 heterocycles. The molecule has 0 bridgehead atoms. The van der Waals surface area contributed by atoms with Crippen LogP contribution in [0, 0.1) is 18.8 Å². The molecule has 0 spiro atoms. The molecule has 66 valence electrons. The zero-order valence-electron chi connectivity index (χ0n) is 6.97. The maximum absolute atomic E-state index is 10.4. The molecule has 1 amide bonds. The van der Waals surface area contributed by atoms with Crippen molar-refractivity contribution < 1.29 is 4.79 Å². The molecule has 0 aliphatic rings. The SMILES string of the molecule is Cc1cc(Cl)ncc1C#CC(N)=O. The van der Waals surface area contributed by atoms with E-state index in [1.807, 2.05) is 6.92 Å². The molecule has 2 N–H and O–H groups in total. The van der Waals surface area contributed by atoms with Crippen LogP contribution >= 0.6 is 11.6 Å². The number of carbonyl (C=O) groups is 1. The Hall–Kier alpha value is -1.53. The van der Waals surface area contributed by atoms with Crippen LogP contribution in [-0.4, -0.2) is 10.9 Å². The van der Waals surface area contributed by atoms with Gasteiger partial charge in [0.1, 0.15) is 5.15 Å². The summed E-state index contributed by atoms with van der Waals surface area (Å²) in [6.45, 7) is 1.83. The summed E-state index contributed by atoms with van der Waals surface area (Å²) in [6, 6.07) is 1.67. The van der Waals surface area contributed by atoms with Crippen molar-refractivity contribution >= 4 is 17.5 Å². The number of carbonyl (C=O) groups excluding carboxylic acids is 1. The summed E-state index contributed by atoms with van der Waals surface area (Å²) in [6.07, 6.45) is 1.51. The summed E-state index contributed by atoms with van der Waals surface area (Å²) < 4.78 is 0. The van der Waals surface area contributed by atoms with Crippen molar-refractivity contribution in [1.82, 2.24) is 4.98 Å². The van der Waals surface area contributed by atoms with Crippen LogP contribution in [0.4, 0.5) is 0 Å². The molecule has 0 saturated heterocycles. The Morgan fingerprint density at radius 1 is 1.69 bits per heavy atom. The largest absolute Gasteiger partial charge is 0.359 e. The topological polar surface area (TPSA) is 56.0 Å². The molecular weight excluding hydrogens is 188 g/mol. The van der Waals surface area contributed by atoms with Gasteiger partial charge in [0.2, 0.25) is 0 Å². The molecule has 1 rings (SSSR count). The van der Waals surface area contributed by atoms with E-state index in [0.717, 1.165) is 5.56 Å². The number of halogens is 1. The number of hydrogen-bond donors (Lipinski definition) is 1. The van der Waals surface area contributed by atoms with Gasteiger partial charge in [-0.05, 0) is 18.6 Å². The molecular formula is C9H7ClN2O. The van der Waals surface area contributed by atoms with Gasteiger partial charge in [-0.3, -0.25) is 4.79 Å². The van der Waals surface area contributed by atoms with Gasteiger partial charge in [-0.15, -0.1) is 0 Å². The second kappa shape index (κ2) is 3.92. The van der Waals surface area contributed by atoms with E-state index < -0.39 is 5.91 Å². The molecule has 0 radical (unpaired) electrons. The minimum absolute atomic E-state index is 0.405. The van der Waals surface area contributed by atoms with Crippen molar-refractivity contribution in [1.29, 1.82) is 0 Å². The van der Waals surface area contributed by atoms with Crippen LogP contribution in [0.5, 0.6) is 0 Å². The first-order chi connectivity index (χ1) is 6.09. The number of amides is 1. The second-order valence-corrected chi connectivity index (χ2v) is 2.82. The Balaban J connectivity index is 3.05. The normalized spacial score (nSPS) is 8.77. The Labute approximate surface area is 80.9 Å². The predicted octanol–water partition coefficient (Wildman–Crippen LogP) is 0.880. The first kappa shape index (κ1) is 9.56. The van der Waals surface area contributed by atoms with Crippen LogP contribution in [0.25, 0.3) is 0 Å². The zero-order valence-corrected chi connectivity index (χ0v) is 7.72. The molecule has 0 aromatic carbocycles. The Morgan fingerprint density at radius 2 is 2.38 bits per heavy atom. The highest BCUT2D eigenvalue weighted by molar-refractivity contribution is 6.29. The molecule has 0 aliphatic heterocycles. The van der Waals surface area contributed by atoms with E-state index in [-0.39, 0.29) is 0 Å². The fourth-order valence-corrected chi connectivity index (χ4v) is 0.994. The van der Waals surface area contributed by atoms with Crippen molar-refractivity contribution in [3.63, 3.8) is 0 Å². The quantitative estimate of drug-likeness (QED) is 0.493. The monoisotopic (exact) mass is 194 g/mol. The maximum atomic E-state index is 10.4. The molecule has 0 unspecified atom stereocenters. The van der Waals surface area contributed by atoms with Crippen LogP contribution in [0.15, 0.2) is 12.3 Å². The molecule has 1 aromatic rings. The number of nitrogens with zero attached hydrogens (tertiary/aromatic N) is 1. The zero-order chi connectivity index (χ0) is 9.84. The standard InChI is InChI=1S/C9H7ClN2O/c1-6-4-8(10)12-5-7(6)2-3-9(11)13/h4-5H,1H3,(H2,11,13). The summed E-state index contributed by atoms with van der Waals surface area (Å²) >= 11 is 5.63. The van der Waals surface area contributed by atoms with Crippen LogP contribution in [-0.2, 0) is 4.79 Å². The number of rotatable bonds is 0. The first-order valence-electron chi connectivity index (χ1n) is 3.53. The van der Waals surface area contributed by atoms with E-state index in [0.29, 0.717) is 10.7 Å². The Bertz CT molecular complexity index is 404. The lowest BCUT2D eigenvalue weighted by Gasteiger charge is -1.96. The molecule has 0 atom stereocenters. The molecule has 3 nitrogen and oxygen atoms in total. The Morgan fingerprint density at radius 3 is 2.92 bits per heavy atom. The predicted molar refractivity (Wildman–Crippen MR) is 50.1 cm³/mol. The van der Waals surface area contributed by atoms with Crippen molar-refractivity contribution in [2.24, 2.45) is 5.73 Å². The highest BCUT2D eigenvalue weighted by Crippen LogP contribution is 2.10. The van der Waals surface area contributed by atoms with Crippen LogP contribution < -0.4 is 5.73 Å². The summed E-state index contributed by atoms with van der Waals surface area (Å²) in [5.74, 6) is 4.16. The van der Waals surface area contributed by atoms with E-state index in [9.17, 15) is 4.79 Å². The van der Waals surface area contributed by atoms with E-state index in [2.05, 4.69) is 16.8 Å². The Kier molecular flexibility index (Phi) is 2.88. The fourth-order valence-electron chi connectivity index (χ4n) is 0.782. The summed E-state index contributed by atoms with van der Waals surface area (Å²) in [4.78, 5) is 14.2. The molecule has 1 aromatic heterocycles. The number of pyridine rings is 1. The lowest BCUT2D eigenvalue weighted by Crippen LogP contribution is -2.06. The lowest BCUT2D eigenvalue weighted by molar-refractivity contribution is -0.112. The van der Waals surface area contributed by atoms with E-state index >= 15 is 0 Å². The van der Waals surface area contributed by atoms with Gasteiger partial charge in [0.15, 0.2) is 0 Å². The molecule has 0 aliphatic carbocycles. The van der Waals surface area contributed by atoms with Crippen molar-refractivity contribution in [2.75, 3.05) is 0 Å². The second-order valence-electron chi connectivity index (χ2n) is 2.44. The molecule has 0 saturated carbocycles. The van der Waals surface area contributed by atoms with E-state index in [1.165, 1.54) is 6.20 Å². The van der Waals surface area contributed by atoms with Gasteiger partial charge in [-0.1, -0.05) is 17.5 Å². The highest BCUT2D eigenvalue weighted by atomic mass is 35.5. The fraction of sp³-hybridized carbons (Fsp3) is 0.111. The third kappa shape index (κ3) is 2.77. The van der Waals surface area contributed by atoms with Gasteiger partial charge in [0, 0.05) is 17.7 Å². The van der Waals surface area contributed by atoms with Crippen LogP contribution in [0.3, 0.4) is 0 Å². The minimum Gasteiger partial charge on any atom is -0.359 e. The maximum Gasteiger partial charge on any atom is 0.293 e. The van der Waals surface area contributed by atoms with Gasteiger partial charge in [0.25, 0.3) is 5.91 Å². The average molecular weight is 195 g/mol. The number of aromatic nitrogens is 1. The van der Waals surface area contributed by atoms with Crippen molar-refractivity contribution in [3.05, 3.63) is 28.5 Å². The molecule has 0 fully saturated rings. The minimum atomic E-state index is -0.658. The van der Waals surface area contributed by atoms with E-state index in [1.54, 1.807) is 6.07 Å². The summed E-state index contributed by atoms with van der Waals surface area (Å²) in [5, 5.41) is 0.405. The number of primary amides is 1. The molecule has 4 heteroatoms. The van der Waals surface area contributed by atoms with Crippen molar-refractivity contribution in [2.45, 2.75) is 6.92 Å². The van der Waals surface area contributed by atoms with Gasteiger partial charge in [0.05, 0.1) is 0 Å². The van der Waals surface area contributed by atoms with Gasteiger partial charge in [-0.2, -0.15) is 0 Å². The summed E-state index contributed by atoms with van der Waals surface area (Å²) in [7, 11) is 0. The van der Waals surface area contributed by atoms with E-state index in [4.69, 9.17) is 17.3 Å². The summed E-state index contributed by atoms with van der Waals surface area (Å²) in [5.41, 5.74) is 6.39. The number of hydrogen-bond acceptors (Lipinski definition) is 2. The number of nitrogens with two attached hydrogens (primary N) is 1. The number of aryl methyl sites for hydroxylation is 1. The third-order valence-corrected chi connectivity index (χ3v) is 1.60. The van der Waals surface area contributed by atoms with Crippen LogP contribution in [0.1, 0.15) is 11.1 Å². The highest BCUT2D eigenvalue weighted by Gasteiger charge is 1.96.